The summed E-state index contributed by atoms with van der Waals surface area (Å²) in [5.74, 6) is 2.70. The summed E-state index contributed by atoms with van der Waals surface area (Å²) in [6, 6.07) is 9.40. The summed E-state index contributed by atoms with van der Waals surface area (Å²) < 4.78 is 16.3. The van der Waals surface area contributed by atoms with Crippen molar-refractivity contribution in [3.63, 3.8) is 0 Å². The normalized spacial score (nSPS) is 13.3. The Labute approximate surface area is 118 Å². The van der Waals surface area contributed by atoms with Gasteiger partial charge in [0.2, 0.25) is 12.7 Å². The zero-order chi connectivity index (χ0) is 14.2. The minimum atomic E-state index is 0.0876. The first-order valence-corrected chi connectivity index (χ1v) is 6.56. The maximum Gasteiger partial charge on any atom is 0.231 e. The second-order valence-electron chi connectivity index (χ2n) is 5.75. The molecule has 0 aliphatic carbocycles. The Morgan fingerprint density at radius 3 is 2.55 bits per heavy atom. The van der Waals surface area contributed by atoms with Crippen molar-refractivity contribution in [1.29, 1.82) is 0 Å². The lowest BCUT2D eigenvalue weighted by Gasteiger charge is -2.18. The molecule has 0 bridgehead atoms. The highest BCUT2D eigenvalue weighted by Crippen LogP contribution is 2.36. The molecule has 3 rings (SSSR count). The molecule has 4 heteroatoms. The van der Waals surface area contributed by atoms with Gasteiger partial charge in [-0.2, -0.15) is 0 Å². The average Bonchev–Trinajstić information content (AvgIpc) is 2.86. The number of nitrogens with zero attached hydrogens (tertiary/aromatic N) is 1. The van der Waals surface area contributed by atoms with Crippen LogP contribution in [0.1, 0.15) is 26.3 Å². The molecule has 1 aliphatic heterocycles. The molecule has 1 aliphatic rings. The van der Waals surface area contributed by atoms with Gasteiger partial charge in [-0.25, -0.2) is 4.98 Å². The smallest absolute Gasteiger partial charge is 0.231 e. The summed E-state index contributed by atoms with van der Waals surface area (Å²) in [4.78, 5) is 4.34. The second-order valence-corrected chi connectivity index (χ2v) is 5.75. The zero-order valence-corrected chi connectivity index (χ0v) is 11.8. The summed E-state index contributed by atoms with van der Waals surface area (Å²) in [6.45, 7) is 6.73. The molecule has 0 radical (unpaired) electrons. The number of benzene rings is 1. The van der Waals surface area contributed by atoms with Crippen LogP contribution < -0.4 is 14.2 Å². The van der Waals surface area contributed by atoms with Crippen molar-refractivity contribution >= 4 is 0 Å². The van der Waals surface area contributed by atoms with Crippen molar-refractivity contribution in [2.24, 2.45) is 0 Å². The van der Waals surface area contributed by atoms with Gasteiger partial charge in [0.1, 0.15) is 5.75 Å². The average molecular weight is 271 g/mol. The van der Waals surface area contributed by atoms with E-state index in [0.29, 0.717) is 17.4 Å². The van der Waals surface area contributed by atoms with E-state index in [9.17, 15) is 0 Å². The summed E-state index contributed by atoms with van der Waals surface area (Å²) >= 11 is 0. The molecule has 0 unspecified atom stereocenters. The predicted octanol–water partition coefficient (Wildman–Crippen LogP) is 3.90. The molecule has 0 spiro atoms. The van der Waals surface area contributed by atoms with E-state index >= 15 is 0 Å². The molecule has 0 saturated heterocycles. The number of aromatic nitrogens is 1. The quantitative estimate of drug-likeness (QED) is 0.830. The Balaban J connectivity index is 1.78. The molecule has 2 aromatic rings. The van der Waals surface area contributed by atoms with Gasteiger partial charge >= 0.3 is 0 Å². The van der Waals surface area contributed by atoms with Crippen molar-refractivity contribution in [1.82, 2.24) is 4.98 Å². The highest BCUT2D eigenvalue weighted by molar-refractivity contribution is 5.47. The number of hydrogen-bond acceptors (Lipinski definition) is 4. The largest absolute Gasteiger partial charge is 0.454 e. The van der Waals surface area contributed by atoms with Crippen LogP contribution in [0.3, 0.4) is 0 Å². The Bertz CT molecular complexity index is 615. The van der Waals surface area contributed by atoms with Crippen molar-refractivity contribution in [2.45, 2.75) is 26.2 Å². The molecule has 104 valence electrons. The van der Waals surface area contributed by atoms with Crippen molar-refractivity contribution in [3.05, 3.63) is 42.1 Å². The number of fused-ring (bicyclic) bond motifs is 1. The van der Waals surface area contributed by atoms with E-state index in [-0.39, 0.29) is 12.2 Å². The topological polar surface area (TPSA) is 40.6 Å². The zero-order valence-electron chi connectivity index (χ0n) is 11.8. The van der Waals surface area contributed by atoms with E-state index in [0.717, 1.165) is 5.75 Å². The maximum absolute atomic E-state index is 5.72. The molecule has 0 saturated carbocycles. The predicted molar refractivity (Wildman–Crippen MR) is 75.6 cm³/mol. The molecule has 0 atom stereocenters. The third-order valence-corrected chi connectivity index (χ3v) is 3.17. The van der Waals surface area contributed by atoms with Crippen LogP contribution >= 0.6 is 0 Å². The van der Waals surface area contributed by atoms with Crippen LogP contribution in [-0.2, 0) is 5.41 Å². The fourth-order valence-corrected chi connectivity index (χ4v) is 1.95. The summed E-state index contributed by atoms with van der Waals surface area (Å²) in [6.07, 6.45) is 1.85. The van der Waals surface area contributed by atoms with Gasteiger partial charge in [0.15, 0.2) is 11.5 Å². The third-order valence-electron chi connectivity index (χ3n) is 3.17. The van der Waals surface area contributed by atoms with E-state index in [4.69, 9.17) is 14.2 Å². The minimum absolute atomic E-state index is 0.0876. The van der Waals surface area contributed by atoms with Gasteiger partial charge in [0.25, 0.3) is 0 Å². The summed E-state index contributed by atoms with van der Waals surface area (Å²) in [7, 11) is 0. The Hall–Kier alpha value is -2.23. The molecule has 20 heavy (non-hydrogen) atoms. The van der Waals surface area contributed by atoms with Gasteiger partial charge < -0.3 is 14.2 Å². The van der Waals surface area contributed by atoms with Crippen LogP contribution in [0.5, 0.6) is 23.1 Å². The lowest BCUT2D eigenvalue weighted by atomic mass is 9.88. The van der Waals surface area contributed by atoms with Crippen LogP contribution in [0.2, 0.25) is 0 Å². The molecule has 1 aromatic heterocycles. The van der Waals surface area contributed by atoms with E-state index in [1.807, 2.05) is 36.5 Å². The first kappa shape index (κ1) is 12.8. The molecule has 0 N–H and O–H groups in total. The molecular formula is C16H17NO3. The number of ether oxygens (including phenoxy) is 3. The van der Waals surface area contributed by atoms with E-state index in [2.05, 4.69) is 25.8 Å². The SMILES string of the molecule is CC(C)(C)c1ccc(Oc2ccc3c(c2)OCO3)nc1. The van der Waals surface area contributed by atoms with Crippen LogP contribution in [0.15, 0.2) is 36.5 Å². The molecule has 1 aromatic carbocycles. The number of hydrogen-bond donors (Lipinski definition) is 0. The Morgan fingerprint density at radius 1 is 1.05 bits per heavy atom. The third kappa shape index (κ3) is 2.54. The number of rotatable bonds is 2. The summed E-state index contributed by atoms with van der Waals surface area (Å²) in [5.41, 5.74) is 1.26. The Morgan fingerprint density at radius 2 is 1.85 bits per heavy atom. The molecule has 0 fully saturated rings. The minimum Gasteiger partial charge on any atom is -0.454 e. The molecular weight excluding hydrogens is 254 g/mol. The van der Waals surface area contributed by atoms with Crippen molar-refractivity contribution < 1.29 is 14.2 Å². The van der Waals surface area contributed by atoms with E-state index in [1.54, 1.807) is 0 Å². The first-order valence-electron chi connectivity index (χ1n) is 6.56. The van der Waals surface area contributed by atoms with Crippen LogP contribution in [0.4, 0.5) is 0 Å². The maximum atomic E-state index is 5.72. The van der Waals surface area contributed by atoms with Gasteiger partial charge in [0, 0.05) is 18.3 Å². The number of pyridine rings is 1. The van der Waals surface area contributed by atoms with Crippen LogP contribution in [0.25, 0.3) is 0 Å². The van der Waals surface area contributed by atoms with E-state index in [1.165, 1.54) is 5.56 Å². The lowest BCUT2D eigenvalue weighted by Crippen LogP contribution is -2.11. The first-order chi connectivity index (χ1) is 9.52. The van der Waals surface area contributed by atoms with Crippen molar-refractivity contribution in [2.75, 3.05) is 6.79 Å². The fraction of sp³-hybridized carbons (Fsp3) is 0.312. The highest BCUT2D eigenvalue weighted by Gasteiger charge is 2.15. The second kappa shape index (κ2) is 4.71. The van der Waals surface area contributed by atoms with Gasteiger partial charge in [-0.15, -0.1) is 0 Å². The van der Waals surface area contributed by atoms with Crippen molar-refractivity contribution in [3.8, 4) is 23.1 Å². The lowest BCUT2D eigenvalue weighted by molar-refractivity contribution is 0.174. The molecule has 2 heterocycles. The standard InChI is InChI=1S/C16H17NO3/c1-16(2,3)11-4-7-15(17-9-11)20-12-5-6-13-14(8-12)19-10-18-13/h4-9H,10H2,1-3H3. The summed E-state index contributed by atoms with van der Waals surface area (Å²) in [5, 5.41) is 0. The van der Waals surface area contributed by atoms with Gasteiger partial charge in [-0.1, -0.05) is 26.8 Å². The molecule has 0 amide bonds. The van der Waals surface area contributed by atoms with Gasteiger partial charge in [-0.05, 0) is 23.1 Å². The van der Waals surface area contributed by atoms with Crippen LogP contribution in [-0.4, -0.2) is 11.8 Å². The van der Waals surface area contributed by atoms with Gasteiger partial charge in [0.05, 0.1) is 0 Å². The van der Waals surface area contributed by atoms with E-state index < -0.39 is 0 Å². The monoisotopic (exact) mass is 271 g/mol. The van der Waals surface area contributed by atoms with Crippen LogP contribution in [0, 0.1) is 0 Å². The molecule has 4 nitrogen and oxygen atoms in total. The van der Waals surface area contributed by atoms with Gasteiger partial charge in [-0.3, -0.25) is 0 Å². The fourth-order valence-electron chi connectivity index (χ4n) is 1.95. The Kier molecular flexibility index (Phi) is 3.01. The highest BCUT2D eigenvalue weighted by atomic mass is 16.7.